The van der Waals surface area contributed by atoms with Gasteiger partial charge in [0, 0.05) is 18.2 Å². The Hall–Kier alpha value is -1.15. The average Bonchev–Trinajstić information content (AvgIpc) is 2.20. The van der Waals surface area contributed by atoms with Crippen molar-refractivity contribution in [2.24, 2.45) is 0 Å². The Morgan fingerprint density at radius 2 is 1.60 bits per heavy atom. The van der Waals surface area contributed by atoms with Gasteiger partial charge < -0.3 is 0 Å². The average molecular weight is 234 g/mol. The van der Waals surface area contributed by atoms with Gasteiger partial charge in [0.15, 0.2) is 23.3 Å². The molecule has 1 aromatic carbocycles. The van der Waals surface area contributed by atoms with E-state index in [1.54, 1.807) is 0 Å². The Morgan fingerprint density at radius 3 is 2.07 bits per heavy atom. The molecular weight excluding hydrogens is 228 g/mol. The molecule has 0 amide bonds. The molecule has 15 heavy (non-hydrogen) atoms. The Labute approximate surface area is 89.7 Å². The molecule has 0 saturated carbocycles. The summed E-state index contributed by atoms with van der Waals surface area (Å²) in [5.74, 6) is -1.07. The third kappa shape index (κ3) is 2.66. The molecule has 0 unspecified atom stereocenters. The van der Waals surface area contributed by atoms with Crippen molar-refractivity contribution in [1.29, 1.82) is 0 Å². The van der Waals surface area contributed by atoms with E-state index in [2.05, 4.69) is 18.5 Å². The molecule has 80 valence electrons. The second kappa shape index (κ2) is 5.08. The van der Waals surface area contributed by atoms with Gasteiger partial charge in [0.2, 0.25) is 0 Å². The third-order valence-electron chi connectivity index (χ3n) is 1.56. The zero-order valence-corrected chi connectivity index (χ0v) is 8.35. The van der Waals surface area contributed by atoms with Crippen LogP contribution >= 0.6 is 12.6 Å². The molecular formula is C10H6F4S. The van der Waals surface area contributed by atoms with E-state index in [9.17, 15) is 17.6 Å². The van der Waals surface area contributed by atoms with Crippen LogP contribution in [0.2, 0.25) is 0 Å². The van der Waals surface area contributed by atoms with E-state index in [1.165, 1.54) is 0 Å². The molecule has 0 aliphatic carbocycles. The van der Waals surface area contributed by atoms with Gasteiger partial charge in [-0.25, -0.2) is 17.6 Å². The topological polar surface area (TPSA) is 0 Å². The van der Waals surface area contributed by atoms with E-state index < -0.39 is 28.8 Å². The minimum Gasteiger partial charge on any atom is -0.204 e. The van der Waals surface area contributed by atoms with Crippen LogP contribution in [0.15, 0.2) is 6.07 Å². The number of hydrogen-bond donors (Lipinski definition) is 1. The van der Waals surface area contributed by atoms with E-state index in [0.717, 1.165) is 0 Å². The van der Waals surface area contributed by atoms with Gasteiger partial charge in [-0.2, -0.15) is 12.6 Å². The van der Waals surface area contributed by atoms with Gasteiger partial charge in [-0.15, -0.1) is 0 Å². The normalized spacial score (nSPS) is 9.67. The van der Waals surface area contributed by atoms with Crippen molar-refractivity contribution < 1.29 is 17.6 Å². The molecule has 0 radical (unpaired) electrons. The van der Waals surface area contributed by atoms with Crippen molar-refractivity contribution >= 4 is 12.6 Å². The van der Waals surface area contributed by atoms with Crippen LogP contribution in [0.5, 0.6) is 0 Å². The first-order valence-electron chi connectivity index (χ1n) is 4.00. The van der Waals surface area contributed by atoms with Crippen molar-refractivity contribution in [3.63, 3.8) is 0 Å². The molecule has 0 N–H and O–H groups in total. The van der Waals surface area contributed by atoms with Crippen LogP contribution in [0.3, 0.4) is 0 Å². The molecule has 0 bridgehead atoms. The van der Waals surface area contributed by atoms with Crippen LogP contribution in [-0.4, -0.2) is 5.75 Å². The summed E-state index contributed by atoms with van der Waals surface area (Å²) in [5, 5.41) is 0. The van der Waals surface area contributed by atoms with E-state index in [1.807, 2.05) is 5.92 Å². The molecule has 0 aliphatic heterocycles. The van der Waals surface area contributed by atoms with Gasteiger partial charge in [0.05, 0.1) is 0 Å². The van der Waals surface area contributed by atoms with Crippen LogP contribution in [-0.2, 0) is 0 Å². The van der Waals surface area contributed by atoms with Crippen LogP contribution in [0.4, 0.5) is 17.6 Å². The molecule has 1 rings (SSSR count). The molecule has 0 spiro atoms. The maximum atomic E-state index is 13.0. The highest BCUT2D eigenvalue weighted by molar-refractivity contribution is 7.80. The van der Waals surface area contributed by atoms with E-state index >= 15 is 0 Å². The SMILES string of the molecule is Fc1cc(F)c(F)c(C#CCCS)c1F. The molecule has 0 saturated heterocycles. The predicted molar refractivity (Wildman–Crippen MR) is 51.6 cm³/mol. The summed E-state index contributed by atoms with van der Waals surface area (Å²) in [7, 11) is 0. The zero-order valence-electron chi connectivity index (χ0n) is 7.45. The first-order valence-corrected chi connectivity index (χ1v) is 4.64. The molecule has 0 heterocycles. The molecule has 0 aromatic heterocycles. The lowest BCUT2D eigenvalue weighted by atomic mass is 10.2. The second-order valence-electron chi connectivity index (χ2n) is 2.62. The van der Waals surface area contributed by atoms with Crippen LogP contribution in [0, 0.1) is 35.1 Å². The molecule has 0 atom stereocenters. The molecule has 5 heteroatoms. The predicted octanol–water partition coefficient (Wildman–Crippen LogP) is 2.91. The lowest BCUT2D eigenvalue weighted by Crippen LogP contribution is -1.98. The van der Waals surface area contributed by atoms with Gasteiger partial charge in [-0.3, -0.25) is 0 Å². The molecule has 0 aliphatic rings. The second-order valence-corrected chi connectivity index (χ2v) is 3.07. The number of benzene rings is 1. The minimum atomic E-state index is -1.47. The first kappa shape index (κ1) is 11.9. The maximum absolute atomic E-state index is 13.0. The van der Waals surface area contributed by atoms with Crippen molar-refractivity contribution in [1.82, 2.24) is 0 Å². The summed E-state index contributed by atoms with van der Waals surface area (Å²) in [5.41, 5.74) is -0.880. The van der Waals surface area contributed by atoms with Crippen LogP contribution < -0.4 is 0 Å². The van der Waals surface area contributed by atoms with Crippen molar-refractivity contribution in [3.05, 3.63) is 34.9 Å². The first-order chi connectivity index (χ1) is 7.07. The van der Waals surface area contributed by atoms with E-state index in [4.69, 9.17) is 0 Å². The summed E-state index contributed by atoms with van der Waals surface area (Å²) in [6.45, 7) is 0. The van der Waals surface area contributed by atoms with Gasteiger partial charge in [0.1, 0.15) is 5.56 Å². The molecule has 1 aromatic rings. The summed E-state index contributed by atoms with van der Waals surface area (Å²) < 4.78 is 51.3. The van der Waals surface area contributed by atoms with E-state index in [-0.39, 0.29) is 12.5 Å². The highest BCUT2D eigenvalue weighted by Crippen LogP contribution is 2.18. The highest BCUT2D eigenvalue weighted by atomic mass is 32.1. The monoisotopic (exact) mass is 234 g/mol. The Kier molecular flexibility index (Phi) is 4.04. The largest absolute Gasteiger partial charge is 0.204 e. The minimum absolute atomic E-state index is 0.147. The van der Waals surface area contributed by atoms with Crippen molar-refractivity contribution in [2.45, 2.75) is 6.42 Å². The standard InChI is InChI=1S/C10H6F4S/c11-7-5-8(12)10(14)6(9(7)13)3-1-2-4-15/h5,15H,2,4H2. The maximum Gasteiger partial charge on any atom is 0.177 e. The van der Waals surface area contributed by atoms with Gasteiger partial charge in [-0.05, 0) is 0 Å². The summed E-state index contributed by atoms with van der Waals surface area (Å²) in [6, 6.07) is 0.147. The number of thiol groups is 1. The quantitative estimate of drug-likeness (QED) is 0.328. The van der Waals surface area contributed by atoms with Gasteiger partial charge in [-0.1, -0.05) is 11.8 Å². The number of halogens is 4. The number of hydrogen-bond acceptors (Lipinski definition) is 1. The lowest BCUT2D eigenvalue weighted by molar-refractivity contribution is 0.450. The van der Waals surface area contributed by atoms with Crippen molar-refractivity contribution in [3.8, 4) is 11.8 Å². The summed E-state index contributed by atoms with van der Waals surface area (Å²) >= 11 is 3.82. The van der Waals surface area contributed by atoms with E-state index in [0.29, 0.717) is 5.75 Å². The fourth-order valence-corrected chi connectivity index (χ4v) is 1.00. The Bertz CT molecular complexity index is 405. The van der Waals surface area contributed by atoms with Crippen molar-refractivity contribution in [2.75, 3.05) is 5.75 Å². The fourth-order valence-electron chi connectivity index (χ4n) is 0.890. The van der Waals surface area contributed by atoms with Crippen LogP contribution in [0.25, 0.3) is 0 Å². The smallest absolute Gasteiger partial charge is 0.177 e. The third-order valence-corrected chi connectivity index (χ3v) is 1.79. The summed E-state index contributed by atoms with van der Waals surface area (Å²) in [6.07, 6.45) is 0.278. The Morgan fingerprint density at radius 1 is 1.07 bits per heavy atom. The lowest BCUT2D eigenvalue weighted by Gasteiger charge is -1.99. The molecule has 0 fully saturated rings. The Balaban J connectivity index is 3.23. The van der Waals surface area contributed by atoms with Gasteiger partial charge in [0.25, 0.3) is 0 Å². The zero-order chi connectivity index (χ0) is 11.4. The highest BCUT2D eigenvalue weighted by Gasteiger charge is 2.17. The number of rotatable bonds is 1. The fraction of sp³-hybridized carbons (Fsp3) is 0.200. The van der Waals surface area contributed by atoms with Gasteiger partial charge >= 0.3 is 0 Å². The van der Waals surface area contributed by atoms with Crippen LogP contribution in [0.1, 0.15) is 12.0 Å². The molecule has 0 nitrogen and oxygen atoms in total. The summed E-state index contributed by atoms with van der Waals surface area (Å²) in [4.78, 5) is 0.